The van der Waals surface area contributed by atoms with E-state index in [0.717, 1.165) is 19.3 Å². The fourth-order valence-corrected chi connectivity index (χ4v) is 8.33. The van der Waals surface area contributed by atoms with Crippen LogP contribution in [0, 0.1) is 5.92 Å². The number of carbonyl (C=O) groups is 4. The number of thiophene rings is 1. The van der Waals surface area contributed by atoms with Gasteiger partial charge in [0.2, 0.25) is 11.8 Å². The summed E-state index contributed by atoms with van der Waals surface area (Å²) < 4.78 is 12.2. The molecule has 2 aliphatic heterocycles. The van der Waals surface area contributed by atoms with Gasteiger partial charge in [-0.05, 0) is 93.6 Å². The zero-order chi connectivity index (χ0) is 37.8. The van der Waals surface area contributed by atoms with Gasteiger partial charge in [-0.15, -0.1) is 0 Å². The number of nitrogens with zero attached hydrogens (tertiary/aromatic N) is 5. The molecule has 14 nitrogen and oxygen atoms in total. The molecule has 5 atom stereocenters. The molecule has 1 saturated carbocycles. The third-order valence-electron chi connectivity index (χ3n) is 9.45. The molecule has 3 aromatic rings. The van der Waals surface area contributed by atoms with Gasteiger partial charge in [-0.3, -0.25) is 14.4 Å². The number of fused-ring (bicyclic) bond motifs is 2. The number of ether oxygens (including phenoxy) is 2. The Hall–Kier alpha value is -4.57. The molecular formula is C37H45N7O7S2. The highest BCUT2D eigenvalue weighted by atomic mass is 32.2. The van der Waals surface area contributed by atoms with Gasteiger partial charge in [-0.1, -0.05) is 25.0 Å². The minimum Gasteiger partial charge on any atom is -0.464 e. The highest BCUT2D eigenvalue weighted by molar-refractivity contribution is 7.99. The van der Waals surface area contributed by atoms with Crippen LogP contribution in [0.3, 0.4) is 0 Å². The minimum atomic E-state index is -1.26. The summed E-state index contributed by atoms with van der Waals surface area (Å²) in [6.07, 6.45) is 11.8. The largest absolute Gasteiger partial charge is 0.464 e. The molecule has 16 heteroatoms. The summed E-state index contributed by atoms with van der Waals surface area (Å²) in [5.41, 5.74) is -1.36. The molecule has 53 heavy (non-hydrogen) atoms. The van der Waals surface area contributed by atoms with Crippen LogP contribution < -0.4 is 16.2 Å². The van der Waals surface area contributed by atoms with Crippen LogP contribution in [0.1, 0.15) is 78.7 Å². The minimum absolute atomic E-state index is 0.0383. The van der Waals surface area contributed by atoms with Gasteiger partial charge in [0.25, 0.3) is 5.56 Å². The third-order valence-corrected chi connectivity index (χ3v) is 11.1. The van der Waals surface area contributed by atoms with Crippen LogP contribution in [0.5, 0.6) is 0 Å². The number of allylic oxidation sites excluding steroid dienone is 1. The number of rotatable bonds is 7. The second-order valence-corrected chi connectivity index (χ2v) is 16.2. The summed E-state index contributed by atoms with van der Waals surface area (Å²) in [5.74, 6) is -1.81. The Labute approximate surface area is 316 Å². The molecule has 282 valence electrons. The monoisotopic (exact) mass is 763 g/mol. The van der Waals surface area contributed by atoms with Gasteiger partial charge in [0.05, 0.1) is 24.4 Å². The van der Waals surface area contributed by atoms with Crippen LogP contribution in [0.25, 0.3) is 11.1 Å². The van der Waals surface area contributed by atoms with Crippen LogP contribution in [0.15, 0.2) is 68.5 Å². The van der Waals surface area contributed by atoms with E-state index >= 15 is 0 Å². The van der Waals surface area contributed by atoms with Crippen molar-refractivity contribution >= 4 is 47.0 Å². The van der Waals surface area contributed by atoms with E-state index in [1.807, 2.05) is 29.0 Å². The molecule has 3 aliphatic rings. The number of nitrogens with one attached hydrogen (secondary N) is 2. The van der Waals surface area contributed by atoms with Crippen molar-refractivity contribution in [3.8, 4) is 11.1 Å². The molecule has 5 heterocycles. The van der Waals surface area contributed by atoms with E-state index in [1.165, 1.54) is 32.7 Å². The fourth-order valence-electron chi connectivity index (χ4n) is 6.85. The molecule has 0 bridgehead atoms. The topological polar surface area (TPSA) is 175 Å². The van der Waals surface area contributed by atoms with E-state index in [9.17, 15) is 24.0 Å². The second-order valence-electron chi connectivity index (χ2n) is 14.4. The predicted molar refractivity (Wildman–Crippen MR) is 198 cm³/mol. The van der Waals surface area contributed by atoms with Crippen molar-refractivity contribution in [1.82, 2.24) is 35.3 Å². The summed E-state index contributed by atoms with van der Waals surface area (Å²) >= 11 is 2.66. The summed E-state index contributed by atoms with van der Waals surface area (Å²) in [4.78, 5) is 80.2. The fraction of sp³-hybridized carbons (Fsp3) is 0.514. The highest BCUT2D eigenvalue weighted by Gasteiger charge is 2.62. The highest BCUT2D eigenvalue weighted by Crippen LogP contribution is 2.46. The molecular weight excluding hydrogens is 719 g/mol. The first-order valence-electron chi connectivity index (χ1n) is 18.0. The van der Waals surface area contributed by atoms with Gasteiger partial charge in [-0.25, -0.2) is 24.2 Å². The molecule has 0 spiro atoms. The van der Waals surface area contributed by atoms with Crippen molar-refractivity contribution in [3.05, 3.63) is 64.0 Å². The van der Waals surface area contributed by atoms with Crippen LogP contribution in [0.2, 0.25) is 0 Å². The maximum Gasteiger partial charge on any atom is 0.408 e. The van der Waals surface area contributed by atoms with Crippen LogP contribution in [-0.2, 0) is 23.9 Å². The summed E-state index contributed by atoms with van der Waals surface area (Å²) in [7, 11) is 0. The second kappa shape index (κ2) is 16.2. The molecule has 0 unspecified atom stereocenters. The van der Waals surface area contributed by atoms with Gasteiger partial charge >= 0.3 is 12.1 Å². The summed E-state index contributed by atoms with van der Waals surface area (Å²) in [6, 6.07) is 0.766. The van der Waals surface area contributed by atoms with Crippen molar-refractivity contribution in [2.45, 2.75) is 112 Å². The summed E-state index contributed by atoms with van der Waals surface area (Å²) in [5, 5.41) is 14.5. The normalized spacial score (nSPS) is 25.5. The number of aromatic nitrogens is 4. The SMILES string of the molecule is CCOC(=O)[C@@]12C[C@H]1/C=C\CCCCC[C@H](NC(=O)OC(C)(C)C)C(=O)N1C[C@H](n3ncc(Sc4ncccn4)c(-c4ccsc4)c3=O)C[C@H]1C(=O)N2. The van der Waals surface area contributed by atoms with E-state index in [0.29, 0.717) is 40.4 Å². The lowest BCUT2D eigenvalue weighted by Crippen LogP contribution is -2.56. The molecule has 3 aromatic heterocycles. The first-order chi connectivity index (χ1) is 25.4. The maximum absolute atomic E-state index is 14.5. The number of esters is 1. The van der Waals surface area contributed by atoms with Gasteiger partial charge in [0, 0.05) is 36.2 Å². The van der Waals surface area contributed by atoms with Crippen molar-refractivity contribution in [3.63, 3.8) is 0 Å². The van der Waals surface area contributed by atoms with E-state index in [4.69, 9.17) is 9.47 Å². The van der Waals surface area contributed by atoms with Gasteiger partial charge < -0.3 is 25.0 Å². The Bertz CT molecular complexity index is 1900. The van der Waals surface area contributed by atoms with Crippen molar-refractivity contribution in [2.75, 3.05) is 13.2 Å². The molecule has 2 fully saturated rings. The molecule has 0 aromatic carbocycles. The zero-order valence-electron chi connectivity index (χ0n) is 30.3. The maximum atomic E-state index is 14.5. The van der Waals surface area contributed by atoms with Crippen molar-refractivity contribution < 1.29 is 28.7 Å². The van der Waals surface area contributed by atoms with Crippen LogP contribution >= 0.6 is 23.1 Å². The average molecular weight is 764 g/mol. The van der Waals surface area contributed by atoms with E-state index in [-0.39, 0.29) is 25.5 Å². The lowest BCUT2D eigenvalue weighted by atomic mass is 10.0. The Morgan fingerprint density at radius 2 is 1.94 bits per heavy atom. The van der Waals surface area contributed by atoms with E-state index < -0.39 is 58.7 Å². The Morgan fingerprint density at radius 1 is 1.15 bits per heavy atom. The third kappa shape index (κ3) is 8.81. The predicted octanol–water partition coefficient (Wildman–Crippen LogP) is 4.91. The molecule has 1 saturated heterocycles. The number of hydrogen-bond donors (Lipinski definition) is 2. The number of alkyl carbamates (subject to hydrolysis) is 1. The first-order valence-corrected chi connectivity index (χ1v) is 19.7. The molecule has 6 rings (SSSR count). The first kappa shape index (κ1) is 38.2. The standard InChI is InChI=1S/C37H45N7O7S2/c1-5-50-33(48)37-19-24(37)12-9-7-6-8-10-13-26(41-35(49)51-36(2,3)4)31(46)43-21-25(18-27(43)30(45)42-37)44-32(47)29(23-14-17-52-22-23)28(20-40-44)53-34-38-15-11-16-39-34/h9,11-12,14-17,20,22,24-27H,5-8,10,13,18-19,21H2,1-4H3,(H,41,49)(H,42,45)/b12-9-/t24-,25-,26+,27+,37-/m1/s1. The van der Waals surface area contributed by atoms with Gasteiger partial charge in [0.1, 0.15) is 23.2 Å². The zero-order valence-corrected chi connectivity index (χ0v) is 31.9. The lowest BCUT2D eigenvalue weighted by molar-refractivity contribution is -0.150. The quantitative estimate of drug-likeness (QED) is 0.190. The number of hydrogen-bond acceptors (Lipinski definition) is 12. The average Bonchev–Trinajstić information content (AvgIpc) is 3.40. The molecule has 3 amide bonds. The Morgan fingerprint density at radius 3 is 2.66 bits per heavy atom. The van der Waals surface area contributed by atoms with Crippen molar-refractivity contribution in [1.29, 1.82) is 0 Å². The number of amides is 3. The molecule has 1 aliphatic carbocycles. The summed E-state index contributed by atoms with van der Waals surface area (Å²) in [6.45, 7) is 7.03. The van der Waals surface area contributed by atoms with Crippen molar-refractivity contribution in [2.24, 2.45) is 5.92 Å². The Balaban J connectivity index is 1.37. The van der Waals surface area contributed by atoms with E-state index in [1.54, 1.807) is 52.4 Å². The lowest BCUT2D eigenvalue weighted by Gasteiger charge is -2.30. The smallest absolute Gasteiger partial charge is 0.408 e. The van der Waals surface area contributed by atoms with Gasteiger partial charge in [-0.2, -0.15) is 16.4 Å². The molecule has 2 N–H and O–H groups in total. The Kier molecular flexibility index (Phi) is 11.7. The van der Waals surface area contributed by atoms with Crippen LogP contribution in [0.4, 0.5) is 4.79 Å². The van der Waals surface area contributed by atoms with E-state index in [2.05, 4.69) is 25.7 Å². The molecule has 0 radical (unpaired) electrons. The van der Waals surface area contributed by atoms with Gasteiger partial charge in [0.15, 0.2) is 5.16 Å². The van der Waals surface area contributed by atoms with Crippen LogP contribution in [-0.4, -0.2) is 84.9 Å². The number of carbonyl (C=O) groups excluding carboxylic acids is 4.